The molecule has 3 aliphatic rings. The number of nitrogens with zero attached hydrogens (tertiary/aromatic N) is 4. The average molecular weight is 430 g/mol. The van der Waals surface area contributed by atoms with Gasteiger partial charge in [0.1, 0.15) is 11.9 Å². The van der Waals surface area contributed by atoms with Gasteiger partial charge in [-0.3, -0.25) is 9.69 Å². The monoisotopic (exact) mass is 429 g/mol. The molecule has 0 bridgehead atoms. The summed E-state index contributed by atoms with van der Waals surface area (Å²) in [6.45, 7) is 4.10. The van der Waals surface area contributed by atoms with Crippen molar-refractivity contribution in [1.29, 1.82) is 0 Å². The van der Waals surface area contributed by atoms with E-state index in [1.54, 1.807) is 23.7 Å². The van der Waals surface area contributed by atoms with Crippen LogP contribution in [0, 0.1) is 0 Å². The van der Waals surface area contributed by atoms with E-state index in [9.17, 15) is 4.79 Å². The molecule has 1 spiro atoms. The van der Waals surface area contributed by atoms with Crippen LogP contribution in [0.15, 0.2) is 18.5 Å². The Morgan fingerprint density at radius 1 is 1.23 bits per heavy atom. The van der Waals surface area contributed by atoms with Gasteiger partial charge in [0, 0.05) is 30.9 Å². The summed E-state index contributed by atoms with van der Waals surface area (Å²) < 4.78 is 11.9. The Morgan fingerprint density at radius 3 is 2.80 bits per heavy atom. The standard InChI is InChI=1S/C21H27N5O3S/c1-25-7-9-28-13-16(25)20(27)26-5-3-21(4-6-26)14-10-18(30-17(14)2-8-29-21)15-11-24-19(22)12-23-15/h10-12,16H,2-9,13H2,1H3,(H2,22,24)/t16-/m0/s1. The molecule has 1 atom stereocenters. The molecule has 2 N–H and O–H groups in total. The van der Waals surface area contributed by atoms with Crippen molar-refractivity contribution >= 4 is 23.1 Å². The number of hydrogen-bond acceptors (Lipinski definition) is 8. The Hall–Kier alpha value is -2.07. The van der Waals surface area contributed by atoms with Gasteiger partial charge in [-0.1, -0.05) is 0 Å². The molecule has 0 unspecified atom stereocenters. The molecule has 2 fully saturated rings. The van der Waals surface area contributed by atoms with E-state index in [2.05, 4.69) is 20.9 Å². The second-order valence-electron chi connectivity index (χ2n) is 8.26. The minimum absolute atomic E-state index is 0.172. The first-order valence-electron chi connectivity index (χ1n) is 10.5. The molecule has 0 aliphatic carbocycles. The first-order valence-corrected chi connectivity index (χ1v) is 11.3. The lowest BCUT2D eigenvalue weighted by molar-refractivity contribution is -0.150. The number of nitrogen functional groups attached to an aromatic ring is 1. The molecule has 5 rings (SSSR count). The van der Waals surface area contributed by atoms with Crippen LogP contribution in [0.4, 0.5) is 5.82 Å². The van der Waals surface area contributed by atoms with Crippen LogP contribution in [0.25, 0.3) is 10.6 Å². The number of piperidine rings is 1. The lowest BCUT2D eigenvalue weighted by atomic mass is 9.82. The van der Waals surface area contributed by atoms with E-state index in [1.807, 2.05) is 11.9 Å². The fourth-order valence-corrected chi connectivity index (χ4v) is 5.86. The maximum absolute atomic E-state index is 13.0. The van der Waals surface area contributed by atoms with Gasteiger partial charge in [0.2, 0.25) is 5.91 Å². The van der Waals surface area contributed by atoms with Gasteiger partial charge >= 0.3 is 0 Å². The third kappa shape index (κ3) is 3.49. The number of morpholine rings is 1. The molecule has 8 nitrogen and oxygen atoms in total. The fraction of sp³-hybridized carbons (Fsp3) is 0.571. The van der Waals surface area contributed by atoms with Crippen molar-refractivity contribution < 1.29 is 14.3 Å². The number of hydrogen-bond donors (Lipinski definition) is 1. The van der Waals surface area contributed by atoms with Crippen molar-refractivity contribution in [3.8, 4) is 10.6 Å². The molecule has 0 radical (unpaired) electrons. The zero-order valence-electron chi connectivity index (χ0n) is 17.2. The van der Waals surface area contributed by atoms with E-state index in [0.717, 1.165) is 36.4 Å². The summed E-state index contributed by atoms with van der Waals surface area (Å²) >= 11 is 1.76. The lowest BCUT2D eigenvalue weighted by Gasteiger charge is -2.45. The maximum Gasteiger partial charge on any atom is 0.242 e. The molecule has 160 valence electrons. The number of likely N-dealkylation sites (tertiary alicyclic amines) is 1. The highest BCUT2D eigenvalue weighted by Crippen LogP contribution is 2.46. The highest BCUT2D eigenvalue weighted by Gasteiger charge is 2.44. The van der Waals surface area contributed by atoms with Gasteiger partial charge in [-0.05, 0) is 31.5 Å². The van der Waals surface area contributed by atoms with Crippen molar-refractivity contribution in [3.63, 3.8) is 0 Å². The van der Waals surface area contributed by atoms with Gasteiger partial charge in [0.25, 0.3) is 0 Å². The summed E-state index contributed by atoms with van der Waals surface area (Å²) in [5.74, 6) is 0.595. The van der Waals surface area contributed by atoms with Crippen molar-refractivity contribution in [2.75, 3.05) is 52.2 Å². The molecule has 1 amide bonds. The summed E-state index contributed by atoms with van der Waals surface area (Å²) in [5.41, 5.74) is 7.47. The molecular formula is C21H27N5O3S. The van der Waals surface area contributed by atoms with Crippen LogP contribution in [-0.4, -0.2) is 78.2 Å². The number of anilines is 1. The van der Waals surface area contributed by atoms with Crippen LogP contribution in [0.1, 0.15) is 23.3 Å². The van der Waals surface area contributed by atoms with E-state index in [1.165, 1.54) is 10.4 Å². The van der Waals surface area contributed by atoms with E-state index >= 15 is 0 Å². The van der Waals surface area contributed by atoms with E-state index in [4.69, 9.17) is 15.2 Å². The lowest BCUT2D eigenvalue weighted by Crippen LogP contribution is -2.56. The Morgan fingerprint density at radius 2 is 2.07 bits per heavy atom. The fourth-order valence-electron chi connectivity index (χ4n) is 4.67. The summed E-state index contributed by atoms with van der Waals surface area (Å²) in [4.78, 5) is 28.2. The molecule has 5 heterocycles. The third-order valence-electron chi connectivity index (χ3n) is 6.50. The SMILES string of the molecule is CN1CCOC[C@H]1C(=O)N1CCC2(CC1)OCCc1sc(-c3cnc(N)cn3)cc12. The van der Waals surface area contributed by atoms with Crippen LogP contribution in [0.5, 0.6) is 0 Å². The van der Waals surface area contributed by atoms with Crippen LogP contribution in [0.2, 0.25) is 0 Å². The molecule has 30 heavy (non-hydrogen) atoms. The number of fused-ring (bicyclic) bond motifs is 2. The summed E-state index contributed by atoms with van der Waals surface area (Å²) in [7, 11) is 2.00. The van der Waals surface area contributed by atoms with Crippen LogP contribution in [-0.2, 0) is 26.3 Å². The van der Waals surface area contributed by atoms with Gasteiger partial charge in [0.05, 0.1) is 48.4 Å². The Bertz CT molecular complexity index is 923. The number of rotatable bonds is 2. The molecule has 0 aromatic carbocycles. The van der Waals surface area contributed by atoms with Crippen molar-refractivity contribution in [2.45, 2.75) is 30.9 Å². The quantitative estimate of drug-likeness (QED) is 0.773. The second kappa shape index (κ2) is 7.88. The summed E-state index contributed by atoms with van der Waals surface area (Å²) in [6, 6.07) is 2.03. The predicted octanol–water partition coefficient (Wildman–Crippen LogP) is 1.51. The number of nitrogens with two attached hydrogens (primary N) is 1. The van der Waals surface area contributed by atoms with E-state index < -0.39 is 0 Å². The minimum Gasteiger partial charge on any atom is -0.382 e. The molecule has 0 saturated carbocycles. The third-order valence-corrected chi connectivity index (χ3v) is 7.71. The number of aromatic nitrogens is 2. The second-order valence-corrected chi connectivity index (χ2v) is 9.40. The first kappa shape index (κ1) is 19.9. The van der Waals surface area contributed by atoms with Crippen molar-refractivity contribution in [1.82, 2.24) is 19.8 Å². The number of carbonyl (C=O) groups excluding carboxylic acids is 1. The van der Waals surface area contributed by atoms with Crippen molar-refractivity contribution in [3.05, 3.63) is 28.9 Å². The van der Waals surface area contributed by atoms with Crippen LogP contribution < -0.4 is 5.73 Å². The van der Waals surface area contributed by atoms with Gasteiger partial charge in [0.15, 0.2) is 0 Å². The summed E-state index contributed by atoms with van der Waals surface area (Å²) in [6.07, 6.45) is 5.86. The predicted molar refractivity (Wildman–Crippen MR) is 114 cm³/mol. The first-order chi connectivity index (χ1) is 14.6. The highest BCUT2D eigenvalue weighted by atomic mass is 32.1. The normalized spacial score (nSPS) is 24.0. The molecular weight excluding hydrogens is 402 g/mol. The zero-order valence-corrected chi connectivity index (χ0v) is 18.0. The van der Waals surface area contributed by atoms with Gasteiger partial charge < -0.3 is 20.1 Å². The topological polar surface area (TPSA) is 93.8 Å². The molecule has 9 heteroatoms. The number of carbonyl (C=O) groups is 1. The Balaban J connectivity index is 1.34. The Labute approximate surface area is 180 Å². The highest BCUT2D eigenvalue weighted by molar-refractivity contribution is 7.15. The zero-order chi connectivity index (χ0) is 20.7. The molecule has 2 aromatic heterocycles. The Kier molecular flexibility index (Phi) is 5.22. The number of likely N-dealkylation sites (N-methyl/N-ethyl adjacent to an activating group) is 1. The minimum atomic E-state index is -0.310. The van der Waals surface area contributed by atoms with Gasteiger partial charge in [-0.2, -0.15) is 0 Å². The number of thiophene rings is 1. The van der Waals surface area contributed by atoms with Crippen molar-refractivity contribution in [2.24, 2.45) is 0 Å². The smallest absolute Gasteiger partial charge is 0.242 e. The summed E-state index contributed by atoms with van der Waals surface area (Å²) in [5, 5.41) is 0. The average Bonchev–Trinajstić information content (AvgIpc) is 3.21. The largest absolute Gasteiger partial charge is 0.382 e. The molecule has 2 aromatic rings. The van der Waals surface area contributed by atoms with E-state index in [-0.39, 0.29) is 17.6 Å². The van der Waals surface area contributed by atoms with Gasteiger partial charge in [-0.25, -0.2) is 9.97 Å². The molecule has 3 aliphatic heterocycles. The number of amides is 1. The van der Waals surface area contributed by atoms with E-state index in [0.29, 0.717) is 38.7 Å². The van der Waals surface area contributed by atoms with Crippen LogP contribution in [0.3, 0.4) is 0 Å². The molecule has 2 saturated heterocycles. The van der Waals surface area contributed by atoms with Crippen LogP contribution >= 0.6 is 11.3 Å². The van der Waals surface area contributed by atoms with Gasteiger partial charge in [-0.15, -0.1) is 11.3 Å². The maximum atomic E-state index is 13.0. The number of ether oxygens (including phenoxy) is 2.